The third-order valence-corrected chi connectivity index (χ3v) is 4.00. The Morgan fingerprint density at radius 2 is 1.90 bits per heavy atom. The zero-order valence-corrected chi connectivity index (χ0v) is 13.5. The second-order valence-electron chi connectivity index (χ2n) is 5.95. The van der Waals surface area contributed by atoms with Crippen LogP contribution in [0.4, 0.5) is 11.6 Å². The van der Waals surface area contributed by atoms with Gasteiger partial charge < -0.3 is 15.4 Å². The lowest BCUT2D eigenvalue weighted by atomic mass is 9.98. The molecule has 1 aromatic rings. The molecule has 0 unspecified atom stereocenters. The first kappa shape index (κ1) is 16.0. The van der Waals surface area contributed by atoms with Gasteiger partial charge in [-0.15, -0.1) is 0 Å². The number of nitrogens with zero attached hydrogens (tertiary/aromatic N) is 2. The number of anilines is 2. The number of aromatic nitrogens is 2. The largest absolute Gasteiger partial charge is 0.376 e. The van der Waals surface area contributed by atoms with E-state index in [-0.39, 0.29) is 0 Å². The maximum absolute atomic E-state index is 5.94. The van der Waals surface area contributed by atoms with Crippen molar-refractivity contribution < 1.29 is 4.74 Å². The van der Waals surface area contributed by atoms with Crippen LogP contribution < -0.4 is 10.6 Å². The van der Waals surface area contributed by atoms with Crippen LogP contribution in [0.25, 0.3) is 0 Å². The highest BCUT2D eigenvalue weighted by molar-refractivity contribution is 5.58. The topological polar surface area (TPSA) is 59.1 Å². The van der Waals surface area contributed by atoms with Crippen LogP contribution in [0.3, 0.4) is 0 Å². The summed E-state index contributed by atoms with van der Waals surface area (Å²) in [6.07, 6.45) is 8.48. The summed E-state index contributed by atoms with van der Waals surface area (Å²) in [7, 11) is 1.89. The minimum absolute atomic E-state index is 0.371. The van der Waals surface area contributed by atoms with Gasteiger partial charge in [-0.3, -0.25) is 0 Å². The normalized spacial score (nSPS) is 16.2. The van der Waals surface area contributed by atoms with Gasteiger partial charge in [-0.2, -0.15) is 0 Å². The first-order valence-corrected chi connectivity index (χ1v) is 8.10. The lowest BCUT2D eigenvalue weighted by molar-refractivity contribution is 0.0347. The molecule has 118 valence electrons. The second kappa shape index (κ2) is 8.17. The SMILES string of the molecule is CNc1ncnc(NCCOC2CCCCC2)c1C(C)C. The van der Waals surface area contributed by atoms with Crippen molar-refractivity contribution in [3.8, 4) is 0 Å². The molecule has 0 radical (unpaired) electrons. The van der Waals surface area contributed by atoms with Crippen LogP contribution >= 0.6 is 0 Å². The summed E-state index contributed by atoms with van der Waals surface area (Å²) in [5.41, 5.74) is 1.14. The highest BCUT2D eigenvalue weighted by Gasteiger charge is 2.15. The van der Waals surface area contributed by atoms with Crippen LogP contribution in [0, 0.1) is 0 Å². The van der Waals surface area contributed by atoms with Gasteiger partial charge in [-0.25, -0.2) is 9.97 Å². The molecule has 1 heterocycles. The molecule has 0 saturated heterocycles. The van der Waals surface area contributed by atoms with E-state index in [4.69, 9.17) is 4.74 Å². The van der Waals surface area contributed by atoms with Crippen LogP contribution in [0.15, 0.2) is 6.33 Å². The molecular weight excluding hydrogens is 264 g/mol. The van der Waals surface area contributed by atoms with Crippen LogP contribution in [0.1, 0.15) is 57.4 Å². The molecule has 0 aromatic carbocycles. The third kappa shape index (κ3) is 4.56. The molecule has 1 aliphatic rings. The Bertz CT molecular complexity index is 430. The van der Waals surface area contributed by atoms with Crippen molar-refractivity contribution in [2.75, 3.05) is 30.8 Å². The van der Waals surface area contributed by atoms with Gasteiger partial charge >= 0.3 is 0 Å². The number of rotatable bonds is 7. The summed E-state index contributed by atoms with van der Waals surface area (Å²) >= 11 is 0. The Morgan fingerprint density at radius 3 is 2.57 bits per heavy atom. The molecule has 0 spiro atoms. The van der Waals surface area contributed by atoms with Crippen molar-refractivity contribution in [3.05, 3.63) is 11.9 Å². The van der Waals surface area contributed by atoms with Crippen LogP contribution in [-0.4, -0.2) is 36.3 Å². The molecule has 5 nitrogen and oxygen atoms in total. The number of nitrogens with one attached hydrogen (secondary N) is 2. The molecule has 2 N–H and O–H groups in total. The van der Waals surface area contributed by atoms with Crippen molar-refractivity contribution in [2.45, 2.75) is 58.0 Å². The van der Waals surface area contributed by atoms with E-state index in [9.17, 15) is 0 Å². The molecule has 1 fully saturated rings. The Morgan fingerprint density at radius 1 is 1.19 bits per heavy atom. The van der Waals surface area contributed by atoms with E-state index in [1.165, 1.54) is 32.1 Å². The average molecular weight is 292 g/mol. The molecule has 0 aliphatic heterocycles. The van der Waals surface area contributed by atoms with E-state index in [2.05, 4.69) is 34.4 Å². The Balaban J connectivity index is 1.84. The predicted molar refractivity (Wildman–Crippen MR) is 87.0 cm³/mol. The maximum atomic E-state index is 5.94. The zero-order chi connectivity index (χ0) is 15.1. The quantitative estimate of drug-likeness (QED) is 0.754. The first-order chi connectivity index (χ1) is 10.2. The van der Waals surface area contributed by atoms with Crippen molar-refractivity contribution >= 4 is 11.6 Å². The summed E-state index contributed by atoms with van der Waals surface area (Å²) in [4.78, 5) is 8.66. The van der Waals surface area contributed by atoms with E-state index >= 15 is 0 Å². The van der Waals surface area contributed by atoms with E-state index < -0.39 is 0 Å². The smallest absolute Gasteiger partial charge is 0.135 e. The third-order valence-electron chi connectivity index (χ3n) is 4.00. The predicted octanol–water partition coefficient (Wildman–Crippen LogP) is 3.40. The molecule has 2 rings (SSSR count). The van der Waals surface area contributed by atoms with Crippen molar-refractivity contribution in [1.29, 1.82) is 0 Å². The van der Waals surface area contributed by atoms with Gasteiger partial charge in [-0.05, 0) is 18.8 Å². The monoisotopic (exact) mass is 292 g/mol. The van der Waals surface area contributed by atoms with E-state index in [0.29, 0.717) is 12.0 Å². The molecule has 1 aliphatic carbocycles. The number of ether oxygens (including phenoxy) is 1. The highest BCUT2D eigenvalue weighted by Crippen LogP contribution is 2.27. The summed E-state index contributed by atoms with van der Waals surface area (Å²) < 4.78 is 5.94. The number of hydrogen-bond acceptors (Lipinski definition) is 5. The Kier molecular flexibility index (Phi) is 6.23. The van der Waals surface area contributed by atoms with E-state index in [1.807, 2.05) is 7.05 Å². The van der Waals surface area contributed by atoms with E-state index in [1.54, 1.807) is 6.33 Å². The summed E-state index contributed by atoms with van der Waals surface area (Å²) in [5, 5.41) is 6.53. The molecule has 5 heteroatoms. The lowest BCUT2D eigenvalue weighted by Crippen LogP contribution is -2.21. The zero-order valence-electron chi connectivity index (χ0n) is 13.5. The van der Waals surface area contributed by atoms with Crippen molar-refractivity contribution in [1.82, 2.24) is 9.97 Å². The van der Waals surface area contributed by atoms with Gasteiger partial charge in [0.1, 0.15) is 18.0 Å². The minimum atomic E-state index is 0.371. The number of hydrogen-bond donors (Lipinski definition) is 2. The van der Waals surface area contributed by atoms with E-state index in [0.717, 1.165) is 30.4 Å². The highest BCUT2D eigenvalue weighted by atomic mass is 16.5. The van der Waals surface area contributed by atoms with Gasteiger partial charge in [0.15, 0.2) is 0 Å². The van der Waals surface area contributed by atoms with Crippen molar-refractivity contribution in [3.63, 3.8) is 0 Å². The summed E-state index contributed by atoms with van der Waals surface area (Å²) in [6, 6.07) is 0. The Labute approximate surface area is 127 Å². The Hall–Kier alpha value is -1.36. The fourth-order valence-corrected chi connectivity index (χ4v) is 2.91. The van der Waals surface area contributed by atoms with Gasteiger partial charge in [-0.1, -0.05) is 33.1 Å². The van der Waals surface area contributed by atoms with Gasteiger partial charge in [0, 0.05) is 19.2 Å². The van der Waals surface area contributed by atoms with Gasteiger partial charge in [0.25, 0.3) is 0 Å². The summed E-state index contributed by atoms with van der Waals surface area (Å²) in [6.45, 7) is 5.84. The second-order valence-corrected chi connectivity index (χ2v) is 5.95. The van der Waals surface area contributed by atoms with Gasteiger partial charge in [0.05, 0.1) is 12.7 Å². The fourth-order valence-electron chi connectivity index (χ4n) is 2.91. The van der Waals surface area contributed by atoms with Crippen LogP contribution in [0.2, 0.25) is 0 Å². The average Bonchev–Trinajstić information content (AvgIpc) is 2.52. The fraction of sp³-hybridized carbons (Fsp3) is 0.750. The lowest BCUT2D eigenvalue weighted by Gasteiger charge is -2.22. The van der Waals surface area contributed by atoms with Crippen LogP contribution in [0.5, 0.6) is 0 Å². The molecule has 1 saturated carbocycles. The summed E-state index contributed by atoms with van der Waals surface area (Å²) in [5.74, 6) is 2.18. The molecular formula is C16H28N4O. The molecule has 21 heavy (non-hydrogen) atoms. The standard InChI is InChI=1S/C16H28N4O/c1-12(2)14-15(17-3)19-11-20-16(14)18-9-10-21-13-7-5-4-6-8-13/h11-13H,4-10H2,1-3H3,(H2,17,18,19,20). The molecule has 0 amide bonds. The first-order valence-electron chi connectivity index (χ1n) is 8.10. The minimum Gasteiger partial charge on any atom is -0.376 e. The molecule has 0 bridgehead atoms. The molecule has 0 atom stereocenters. The van der Waals surface area contributed by atoms with Gasteiger partial charge in [0.2, 0.25) is 0 Å². The maximum Gasteiger partial charge on any atom is 0.135 e. The van der Waals surface area contributed by atoms with Crippen LogP contribution in [-0.2, 0) is 4.74 Å². The van der Waals surface area contributed by atoms with Crippen molar-refractivity contribution in [2.24, 2.45) is 0 Å². The molecule has 1 aromatic heterocycles.